The van der Waals surface area contributed by atoms with Crippen LogP contribution in [0, 0.1) is 11.5 Å². The van der Waals surface area contributed by atoms with Gasteiger partial charge in [0.2, 0.25) is 0 Å². The molecule has 1 saturated heterocycles. The van der Waals surface area contributed by atoms with Gasteiger partial charge < -0.3 is 20.3 Å². The number of nitrogens with zero attached hydrogens (tertiary/aromatic N) is 5. The molecule has 0 spiro atoms. The quantitative estimate of drug-likeness (QED) is 0.700. The van der Waals surface area contributed by atoms with E-state index in [1.807, 2.05) is 22.9 Å². The Morgan fingerprint density at radius 2 is 2.04 bits per heavy atom. The highest BCUT2D eigenvalue weighted by Gasteiger charge is 2.27. The van der Waals surface area contributed by atoms with Gasteiger partial charge in [-0.25, -0.2) is 9.97 Å². The number of nitrogen functional groups attached to an aromatic ring is 1. The molecule has 0 amide bonds. The minimum atomic E-state index is 0.208. The van der Waals surface area contributed by atoms with E-state index in [1.54, 1.807) is 17.0 Å². The highest BCUT2D eigenvalue weighted by Crippen LogP contribution is 2.35. The number of fused-ring (bicyclic) bond motifs is 1. The number of likely N-dealkylation sites (tertiary alicyclic amines) is 1. The van der Waals surface area contributed by atoms with Gasteiger partial charge in [-0.3, -0.25) is 0 Å². The molecule has 3 aromatic rings. The van der Waals surface area contributed by atoms with Crippen LogP contribution in [0.15, 0.2) is 36.8 Å². The predicted molar refractivity (Wildman–Crippen MR) is 89.5 cm³/mol. The molecular formula is C17H16N6O. The van der Waals surface area contributed by atoms with E-state index >= 15 is 0 Å². The van der Waals surface area contributed by atoms with Crippen LogP contribution in [-0.4, -0.2) is 37.6 Å². The number of hydrogen-bond donors (Lipinski definition) is 2. The summed E-state index contributed by atoms with van der Waals surface area (Å²) in [6, 6.07) is 6.91. The lowest BCUT2D eigenvalue weighted by atomic mass is 10.0. The molecule has 1 aromatic carbocycles. The fourth-order valence-electron chi connectivity index (χ4n) is 3.33. The lowest BCUT2D eigenvalue weighted by Gasteiger charge is -2.08. The molecule has 0 aliphatic carbocycles. The summed E-state index contributed by atoms with van der Waals surface area (Å²) in [6.45, 7) is 1.45. The summed E-state index contributed by atoms with van der Waals surface area (Å²) in [4.78, 5) is 10.3. The molecule has 7 heteroatoms. The van der Waals surface area contributed by atoms with Gasteiger partial charge in [0.05, 0.1) is 5.52 Å². The normalized spacial score (nSPS) is 17.3. The fourth-order valence-corrected chi connectivity index (χ4v) is 3.33. The topological polar surface area (TPSA) is 104 Å². The second-order valence-electron chi connectivity index (χ2n) is 5.96. The number of hydrogen-bond acceptors (Lipinski definition) is 6. The highest BCUT2D eigenvalue weighted by atomic mass is 16.3. The Balaban J connectivity index is 1.89. The van der Waals surface area contributed by atoms with Crippen molar-refractivity contribution in [1.29, 1.82) is 5.26 Å². The molecule has 4 rings (SSSR count). The minimum absolute atomic E-state index is 0.208. The number of rotatable bonds is 2. The van der Waals surface area contributed by atoms with E-state index in [2.05, 4.69) is 16.2 Å². The Kier molecular flexibility index (Phi) is 3.24. The van der Waals surface area contributed by atoms with Crippen LogP contribution in [0.2, 0.25) is 0 Å². The van der Waals surface area contributed by atoms with Gasteiger partial charge in [0.1, 0.15) is 17.6 Å². The summed E-state index contributed by atoms with van der Waals surface area (Å²) in [5.74, 6) is 0.856. The van der Waals surface area contributed by atoms with Gasteiger partial charge in [-0.1, -0.05) is 0 Å². The molecule has 3 N–H and O–H groups in total. The van der Waals surface area contributed by atoms with E-state index in [1.165, 1.54) is 6.33 Å². The van der Waals surface area contributed by atoms with E-state index in [4.69, 9.17) is 11.0 Å². The van der Waals surface area contributed by atoms with E-state index in [-0.39, 0.29) is 11.7 Å². The molecule has 120 valence electrons. The second-order valence-corrected chi connectivity index (χ2v) is 5.96. The molecule has 0 bridgehead atoms. The molecule has 7 nitrogen and oxygen atoms in total. The molecule has 3 heterocycles. The SMILES string of the molecule is N#CN1CCC(c2cn(-c3ccc(O)cc3)c3c(N)ncnc23)C1. The van der Waals surface area contributed by atoms with E-state index in [0.29, 0.717) is 12.4 Å². The third-order valence-corrected chi connectivity index (χ3v) is 4.53. The van der Waals surface area contributed by atoms with Crippen LogP contribution >= 0.6 is 0 Å². The Bertz CT molecular complexity index is 940. The number of nitriles is 1. The van der Waals surface area contributed by atoms with E-state index in [0.717, 1.165) is 35.2 Å². The Morgan fingerprint density at radius 3 is 2.75 bits per heavy atom. The number of phenols is 1. The average Bonchev–Trinajstić information content (AvgIpc) is 3.20. The second kappa shape index (κ2) is 5.42. The van der Waals surface area contributed by atoms with E-state index < -0.39 is 0 Å². The van der Waals surface area contributed by atoms with Crippen LogP contribution in [-0.2, 0) is 0 Å². The molecule has 1 unspecified atom stereocenters. The van der Waals surface area contributed by atoms with Crippen molar-refractivity contribution in [3.8, 4) is 17.6 Å². The Labute approximate surface area is 138 Å². The molecule has 0 radical (unpaired) electrons. The number of nitrogens with two attached hydrogens (primary N) is 1. The lowest BCUT2D eigenvalue weighted by molar-refractivity contribution is 0.475. The molecule has 1 fully saturated rings. The maximum atomic E-state index is 9.51. The lowest BCUT2D eigenvalue weighted by Crippen LogP contribution is -2.12. The molecule has 24 heavy (non-hydrogen) atoms. The standard InChI is InChI=1S/C17H16N6O/c18-9-22-6-5-11(7-22)14-8-23(12-1-3-13(24)4-2-12)16-15(14)20-10-21-17(16)19/h1-4,8,10-11,24H,5-7H2,(H2,19,20,21). The van der Waals surface area contributed by atoms with Gasteiger partial charge in [-0.15, -0.1) is 0 Å². The molecule has 1 aliphatic rings. The largest absolute Gasteiger partial charge is 0.508 e. The zero-order chi connectivity index (χ0) is 16.7. The summed E-state index contributed by atoms with van der Waals surface area (Å²) < 4.78 is 1.95. The third-order valence-electron chi connectivity index (χ3n) is 4.53. The van der Waals surface area contributed by atoms with Crippen molar-refractivity contribution in [1.82, 2.24) is 19.4 Å². The molecular weight excluding hydrogens is 304 g/mol. The number of anilines is 1. The zero-order valence-electron chi connectivity index (χ0n) is 12.9. The summed E-state index contributed by atoms with van der Waals surface area (Å²) in [6.07, 6.45) is 6.61. The van der Waals surface area contributed by atoms with Gasteiger partial charge in [-0.05, 0) is 30.7 Å². The van der Waals surface area contributed by atoms with Crippen LogP contribution in [0.5, 0.6) is 5.75 Å². The van der Waals surface area contributed by atoms with Gasteiger partial charge in [0.25, 0.3) is 0 Å². The van der Waals surface area contributed by atoms with Gasteiger partial charge in [0.15, 0.2) is 12.0 Å². The monoisotopic (exact) mass is 320 g/mol. The first-order valence-corrected chi connectivity index (χ1v) is 7.73. The summed E-state index contributed by atoms with van der Waals surface area (Å²) in [5.41, 5.74) is 9.63. The molecule has 2 aromatic heterocycles. The summed E-state index contributed by atoms with van der Waals surface area (Å²) >= 11 is 0. The fraction of sp³-hybridized carbons (Fsp3) is 0.235. The molecule has 1 aliphatic heterocycles. The smallest absolute Gasteiger partial charge is 0.179 e. The van der Waals surface area contributed by atoms with Crippen molar-refractivity contribution in [2.75, 3.05) is 18.8 Å². The van der Waals surface area contributed by atoms with Crippen molar-refractivity contribution in [3.05, 3.63) is 42.4 Å². The summed E-state index contributed by atoms with van der Waals surface area (Å²) in [5, 5.41) is 18.6. The number of phenolic OH excluding ortho intramolecular Hbond substituents is 1. The number of aromatic hydroxyl groups is 1. The molecule has 0 saturated carbocycles. The van der Waals surface area contributed by atoms with Gasteiger partial charge >= 0.3 is 0 Å². The average molecular weight is 320 g/mol. The van der Waals surface area contributed by atoms with Gasteiger partial charge in [0, 0.05) is 36.5 Å². The first kappa shape index (κ1) is 14.3. The Morgan fingerprint density at radius 1 is 1.25 bits per heavy atom. The Hall–Kier alpha value is -3.27. The van der Waals surface area contributed by atoms with Crippen molar-refractivity contribution >= 4 is 16.9 Å². The number of aromatic nitrogens is 3. The number of benzene rings is 1. The first-order valence-electron chi connectivity index (χ1n) is 7.73. The first-order chi connectivity index (χ1) is 11.7. The summed E-state index contributed by atoms with van der Waals surface area (Å²) in [7, 11) is 0. The van der Waals surface area contributed by atoms with Crippen LogP contribution in [0.25, 0.3) is 16.7 Å². The van der Waals surface area contributed by atoms with Crippen molar-refractivity contribution in [2.24, 2.45) is 0 Å². The highest BCUT2D eigenvalue weighted by molar-refractivity contribution is 5.90. The third kappa shape index (κ3) is 2.20. The van der Waals surface area contributed by atoms with Crippen LogP contribution in [0.3, 0.4) is 0 Å². The van der Waals surface area contributed by atoms with Crippen molar-refractivity contribution in [2.45, 2.75) is 12.3 Å². The van der Waals surface area contributed by atoms with Crippen LogP contribution in [0.4, 0.5) is 5.82 Å². The minimum Gasteiger partial charge on any atom is -0.508 e. The predicted octanol–water partition coefficient (Wildman–Crippen LogP) is 1.98. The van der Waals surface area contributed by atoms with Crippen LogP contribution < -0.4 is 5.73 Å². The van der Waals surface area contributed by atoms with Crippen LogP contribution in [0.1, 0.15) is 17.9 Å². The zero-order valence-corrected chi connectivity index (χ0v) is 12.9. The van der Waals surface area contributed by atoms with Crippen molar-refractivity contribution < 1.29 is 5.11 Å². The maximum absolute atomic E-state index is 9.51. The van der Waals surface area contributed by atoms with E-state index in [9.17, 15) is 5.11 Å². The van der Waals surface area contributed by atoms with Crippen molar-refractivity contribution in [3.63, 3.8) is 0 Å². The van der Waals surface area contributed by atoms with Gasteiger partial charge in [-0.2, -0.15) is 5.26 Å². The maximum Gasteiger partial charge on any atom is 0.179 e. The molecule has 1 atom stereocenters.